The SMILES string of the molecule is CCCCC(C)C(C)(CC)CCC. The first-order valence-corrected chi connectivity index (χ1v) is 6.10. The highest BCUT2D eigenvalue weighted by atomic mass is 14.3. The van der Waals surface area contributed by atoms with Crippen molar-refractivity contribution in [2.45, 2.75) is 73.1 Å². The molecule has 2 atom stereocenters. The fourth-order valence-corrected chi connectivity index (χ4v) is 2.20. The maximum atomic E-state index is 2.47. The van der Waals surface area contributed by atoms with E-state index in [4.69, 9.17) is 0 Å². The third-order valence-electron chi connectivity index (χ3n) is 3.81. The zero-order chi connectivity index (χ0) is 10.3. The summed E-state index contributed by atoms with van der Waals surface area (Å²) in [6, 6.07) is 0. The summed E-state index contributed by atoms with van der Waals surface area (Å²) in [6.07, 6.45) is 8.23. The van der Waals surface area contributed by atoms with Crippen molar-refractivity contribution in [1.29, 1.82) is 0 Å². The molecule has 0 aromatic carbocycles. The average Bonchev–Trinajstić information content (AvgIpc) is 2.14. The van der Waals surface area contributed by atoms with Crippen LogP contribution in [0.25, 0.3) is 0 Å². The molecule has 0 fully saturated rings. The van der Waals surface area contributed by atoms with E-state index in [-0.39, 0.29) is 0 Å². The van der Waals surface area contributed by atoms with Crippen LogP contribution in [0.2, 0.25) is 0 Å². The lowest BCUT2D eigenvalue weighted by Crippen LogP contribution is -2.24. The lowest BCUT2D eigenvalue weighted by molar-refractivity contribution is 0.161. The number of rotatable bonds is 7. The van der Waals surface area contributed by atoms with Crippen molar-refractivity contribution in [2.24, 2.45) is 11.3 Å². The molecule has 0 nitrogen and oxygen atoms in total. The Balaban J connectivity index is 4.03. The fourth-order valence-electron chi connectivity index (χ4n) is 2.20. The Morgan fingerprint density at radius 3 is 2.08 bits per heavy atom. The van der Waals surface area contributed by atoms with Crippen molar-refractivity contribution >= 4 is 0 Å². The van der Waals surface area contributed by atoms with Gasteiger partial charge in [0.15, 0.2) is 0 Å². The molecule has 0 aromatic heterocycles. The molecule has 80 valence electrons. The Kier molecular flexibility index (Phi) is 6.45. The molecule has 0 aliphatic carbocycles. The molecule has 0 amide bonds. The van der Waals surface area contributed by atoms with Gasteiger partial charge in [-0.15, -0.1) is 0 Å². The van der Waals surface area contributed by atoms with Crippen LogP contribution in [-0.2, 0) is 0 Å². The minimum Gasteiger partial charge on any atom is -0.0654 e. The lowest BCUT2D eigenvalue weighted by atomic mass is 9.71. The van der Waals surface area contributed by atoms with Gasteiger partial charge in [-0.3, -0.25) is 0 Å². The smallest absolute Gasteiger partial charge is 0.0303 e. The molecule has 0 spiro atoms. The largest absolute Gasteiger partial charge is 0.0654 e. The molecular weight excluding hydrogens is 156 g/mol. The molecule has 0 aromatic rings. The van der Waals surface area contributed by atoms with Gasteiger partial charge in [-0.1, -0.05) is 66.7 Å². The Hall–Kier alpha value is 0. The van der Waals surface area contributed by atoms with E-state index in [0.29, 0.717) is 5.41 Å². The van der Waals surface area contributed by atoms with E-state index in [2.05, 4.69) is 34.6 Å². The molecule has 0 N–H and O–H groups in total. The minimum atomic E-state index is 0.601. The van der Waals surface area contributed by atoms with Crippen LogP contribution in [0.1, 0.15) is 73.1 Å². The monoisotopic (exact) mass is 184 g/mol. The molecule has 0 saturated carbocycles. The summed E-state index contributed by atoms with van der Waals surface area (Å²) in [6.45, 7) is 11.8. The molecule has 0 radical (unpaired) electrons. The zero-order valence-electron chi connectivity index (χ0n) is 10.3. The van der Waals surface area contributed by atoms with Gasteiger partial charge in [-0.05, 0) is 17.8 Å². The van der Waals surface area contributed by atoms with Gasteiger partial charge >= 0.3 is 0 Å². The van der Waals surface area contributed by atoms with Crippen LogP contribution in [-0.4, -0.2) is 0 Å². The molecule has 2 unspecified atom stereocenters. The van der Waals surface area contributed by atoms with Gasteiger partial charge in [0.2, 0.25) is 0 Å². The van der Waals surface area contributed by atoms with E-state index in [0.717, 1.165) is 5.92 Å². The summed E-state index contributed by atoms with van der Waals surface area (Å²) in [4.78, 5) is 0. The van der Waals surface area contributed by atoms with Crippen LogP contribution in [0.4, 0.5) is 0 Å². The second kappa shape index (κ2) is 6.45. The first-order chi connectivity index (χ1) is 6.10. The topological polar surface area (TPSA) is 0 Å². The van der Waals surface area contributed by atoms with Crippen LogP contribution in [0.15, 0.2) is 0 Å². The van der Waals surface area contributed by atoms with Crippen molar-refractivity contribution in [3.05, 3.63) is 0 Å². The summed E-state index contributed by atoms with van der Waals surface area (Å²) in [5, 5.41) is 0. The minimum absolute atomic E-state index is 0.601. The lowest BCUT2D eigenvalue weighted by Gasteiger charge is -2.35. The predicted octanol–water partition coefficient (Wildman–Crippen LogP) is 5.03. The van der Waals surface area contributed by atoms with E-state index in [1.54, 1.807) is 0 Å². The van der Waals surface area contributed by atoms with Gasteiger partial charge in [0.1, 0.15) is 0 Å². The average molecular weight is 184 g/mol. The van der Waals surface area contributed by atoms with E-state index in [9.17, 15) is 0 Å². The molecule has 0 rings (SSSR count). The van der Waals surface area contributed by atoms with Gasteiger partial charge < -0.3 is 0 Å². The highest BCUT2D eigenvalue weighted by molar-refractivity contribution is 4.78. The Labute approximate surface area is 85.1 Å². The van der Waals surface area contributed by atoms with Crippen LogP contribution in [0.3, 0.4) is 0 Å². The first kappa shape index (κ1) is 13.0. The zero-order valence-corrected chi connectivity index (χ0v) is 10.3. The maximum absolute atomic E-state index is 2.47. The maximum Gasteiger partial charge on any atom is -0.0303 e. The molecular formula is C13H28. The van der Waals surface area contributed by atoms with Crippen LogP contribution in [0, 0.1) is 11.3 Å². The highest BCUT2D eigenvalue weighted by Gasteiger charge is 2.27. The van der Waals surface area contributed by atoms with Gasteiger partial charge in [0.25, 0.3) is 0 Å². The molecule has 0 saturated heterocycles. The van der Waals surface area contributed by atoms with E-state index in [1.165, 1.54) is 38.5 Å². The Morgan fingerprint density at radius 2 is 1.69 bits per heavy atom. The van der Waals surface area contributed by atoms with Crippen LogP contribution >= 0.6 is 0 Å². The summed E-state index contributed by atoms with van der Waals surface area (Å²) in [5.74, 6) is 0.900. The molecule has 0 aliphatic rings. The third-order valence-corrected chi connectivity index (χ3v) is 3.81. The predicted molar refractivity (Wildman–Crippen MR) is 62.0 cm³/mol. The van der Waals surface area contributed by atoms with Crippen molar-refractivity contribution in [3.8, 4) is 0 Å². The van der Waals surface area contributed by atoms with Crippen molar-refractivity contribution in [2.75, 3.05) is 0 Å². The van der Waals surface area contributed by atoms with Gasteiger partial charge in [0, 0.05) is 0 Å². The molecule has 0 heterocycles. The molecule has 0 bridgehead atoms. The number of hydrogen-bond acceptors (Lipinski definition) is 0. The highest BCUT2D eigenvalue weighted by Crippen LogP contribution is 2.38. The van der Waals surface area contributed by atoms with Gasteiger partial charge in [0.05, 0.1) is 0 Å². The molecule has 0 heteroatoms. The van der Waals surface area contributed by atoms with E-state index < -0.39 is 0 Å². The van der Waals surface area contributed by atoms with Crippen LogP contribution in [0.5, 0.6) is 0 Å². The van der Waals surface area contributed by atoms with Gasteiger partial charge in [-0.25, -0.2) is 0 Å². The van der Waals surface area contributed by atoms with E-state index in [1.807, 2.05) is 0 Å². The van der Waals surface area contributed by atoms with E-state index >= 15 is 0 Å². The molecule has 0 aliphatic heterocycles. The Morgan fingerprint density at radius 1 is 1.08 bits per heavy atom. The standard InChI is InChI=1S/C13H28/c1-6-9-10-12(4)13(5,8-3)11-7-2/h12H,6-11H2,1-5H3. The normalized spacial score (nSPS) is 18.2. The van der Waals surface area contributed by atoms with Crippen molar-refractivity contribution < 1.29 is 0 Å². The second-order valence-corrected chi connectivity index (χ2v) is 4.80. The van der Waals surface area contributed by atoms with Gasteiger partial charge in [-0.2, -0.15) is 0 Å². The fraction of sp³-hybridized carbons (Fsp3) is 1.00. The van der Waals surface area contributed by atoms with Crippen molar-refractivity contribution in [3.63, 3.8) is 0 Å². The quantitative estimate of drug-likeness (QED) is 0.520. The first-order valence-electron chi connectivity index (χ1n) is 6.10. The summed E-state index contributed by atoms with van der Waals surface area (Å²) >= 11 is 0. The van der Waals surface area contributed by atoms with Crippen molar-refractivity contribution in [1.82, 2.24) is 0 Å². The third kappa shape index (κ3) is 4.15. The number of unbranched alkanes of at least 4 members (excludes halogenated alkanes) is 1. The number of hydrogen-bond donors (Lipinski definition) is 0. The Bertz CT molecular complexity index is 117. The van der Waals surface area contributed by atoms with Crippen LogP contribution < -0.4 is 0 Å². The second-order valence-electron chi connectivity index (χ2n) is 4.80. The summed E-state index contributed by atoms with van der Waals surface area (Å²) in [7, 11) is 0. The summed E-state index contributed by atoms with van der Waals surface area (Å²) in [5.41, 5.74) is 0.601. The molecule has 13 heavy (non-hydrogen) atoms. The summed E-state index contributed by atoms with van der Waals surface area (Å²) < 4.78 is 0.